The van der Waals surface area contributed by atoms with E-state index in [0.717, 1.165) is 16.4 Å². The van der Waals surface area contributed by atoms with Gasteiger partial charge in [0.05, 0.1) is 13.0 Å². The van der Waals surface area contributed by atoms with Crippen molar-refractivity contribution in [3.05, 3.63) is 23.8 Å². The topological polar surface area (TPSA) is 89.7 Å². The minimum Gasteiger partial charge on any atom is -0.469 e. The number of methoxy groups -OCH3 is 1. The number of anilines is 1. The van der Waals surface area contributed by atoms with E-state index in [9.17, 15) is 22.0 Å². The minimum absolute atomic E-state index is 0.217. The summed E-state index contributed by atoms with van der Waals surface area (Å²) in [4.78, 5) is 10.5. The summed E-state index contributed by atoms with van der Waals surface area (Å²) in [6, 6.07) is 1.55. The predicted octanol–water partition coefficient (Wildman–Crippen LogP) is 0.977. The molecule has 0 aromatic heterocycles. The van der Waals surface area contributed by atoms with Gasteiger partial charge in [0.25, 0.3) is 0 Å². The molecule has 118 valence electrons. The first-order chi connectivity index (χ1) is 9.62. The maximum Gasteiger partial charge on any atom is 0.309 e. The quantitative estimate of drug-likeness (QED) is 0.644. The van der Waals surface area contributed by atoms with Crippen LogP contribution in [0.5, 0.6) is 0 Å². The van der Waals surface area contributed by atoms with Gasteiger partial charge in [-0.25, -0.2) is 17.2 Å². The van der Waals surface area contributed by atoms with E-state index in [4.69, 9.17) is 5.73 Å². The Hall–Kier alpha value is -1.74. The van der Waals surface area contributed by atoms with Crippen LogP contribution in [0.2, 0.25) is 0 Å². The average molecular weight is 322 g/mol. The highest BCUT2D eigenvalue weighted by Gasteiger charge is 2.29. The first-order valence-corrected chi connectivity index (χ1v) is 7.34. The SMILES string of the molecule is COC(=O)C(C)CN(C)S(=O)(=O)c1ccc(F)c(N)c1F. The molecular weight excluding hydrogens is 306 g/mol. The number of carbonyl (C=O) groups excluding carboxylic acids is 1. The van der Waals surface area contributed by atoms with Gasteiger partial charge >= 0.3 is 5.97 Å². The van der Waals surface area contributed by atoms with E-state index < -0.39 is 44.1 Å². The van der Waals surface area contributed by atoms with E-state index in [0.29, 0.717) is 0 Å². The molecule has 6 nitrogen and oxygen atoms in total. The maximum atomic E-state index is 13.8. The second kappa shape index (κ2) is 6.35. The number of rotatable bonds is 5. The molecule has 0 fully saturated rings. The molecule has 1 atom stereocenters. The van der Waals surface area contributed by atoms with Gasteiger partial charge in [-0.3, -0.25) is 4.79 Å². The average Bonchev–Trinajstić information content (AvgIpc) is 2.43. The van der Waals surface area contributed by atoms with Gasteiger partial charge in [-0.15, -0.1) is 0 Å². The number of esters is 1. The Kier molecular flexibility index (Phi) is 5.24. The molecule has 0 bridgehead atoms. The van der Waals surface area contributed by atoms with Gasteiger partial charge in [0, 0.05) is 13.6 Å². The smallest absolute Gasteiger partial charge is 0.309 e. The molecule has 1 aromatic rings. The monoisotopic (exact) mass is 322 g/mol. The van der Waals surface area contributed by atoms with Crippen LogP contribution in [-0.4, -0.2) is 39.4 Å². The summed E-state index contributed by atoms with van der Waals surface area (Å²) in [5.41, 5.74) is 4.27. The number of halogens is 2. The van der Waals surface area contributed by atoms with Gasteiger partial charge in [0.2, 0.25) is 10.0 Å². The predicted molar refractivity (Wildman–Crippen MR) is 71.8 cm³/mol. The Morgan fingerprint density at radius 3 is 2.52 bits per heavy atom. The standard InChI is InChI=1S/C12H16F2N2O4S/c1-7(12(17)20-3)6-16(2)21(18,19)9-5-4-8(13)11(15)10(9)14/h4-5,7H,6,15H2,1-3H3. The largest absolute Gasteiger partial charge is 0.469 e. The Morgan fingerprint density at radius 2 is 2.00 bits per heavy atom. The van der Waals surface area contributed by atoms with Crippen LogP contribution in [-0.2, 0) is 19.6 Å². The number of nitrogen functional groups attached to an aromatic ring is 1. The highest BCUT2D eigenvalue weighted by molar-refractivity contribution is 7.89. The number of hydrogen-bond donors (Lipinski definition) is 1. The van der Waals surface area contributed by atoms with Crippen LogP contribution in [0.3, 0.4) is 0 Å². The molecule has 0 aliphatic carbocycles. The van der Waals surface area contributed by atoms with Crippen molar-refractivity contribution < 1.29 is 26.7 Å². The number of benzene rings is 1. The summed E-state index contributed by atoms with van der Waals surface area (Å²) in [5, 5.41) is 0. The van der Waals surface area contributed by atoms with Crippen molar-refractivity contribution in [1.29, 1.82) is 0 Å². The number of carbonyl (C=O) groups is 1. The normalized spacial score (nSPS) is 13.2. The molecule has 1 aromatic carbocycles. The number of nitrogens with two attached hydrogens (primary N) is 1. The van der Waals surface area contributed by atoms with E-state index in [1.165, 1.54) is 21.1 Å². The van der Waals surface area contributed by atoms with E-state index >= 15 is 0 Å². The van der Waals surface area contributed by atoms with Crippen LogP contribution in [0.15, 0.2) is 17.0 Å². The Balaban J connectivity index is 3.12. The molecule has 9 heteroatoms. The van der Waals surface area contributed by atoms with Gasteiger partial charge in [0.1, 0.15) is 16.4 Å². The summed E-state index contributed by atoms with van der Waals surface area (Å²) in [7, 11) is -1.89. The van der Waals surface area contributed by atoms with Crippen molar-refractivity contribution in [2.45, 2.75) is 11.8 Å². The van der Waals surface area contributed by atoms with Gasteiger partial charge in [-0.1, -0.05) is 6.92 Å². The van der Waals surface area contributed by atoms with Crippen molar-refractivity contribution in [2.24, 2.45) is 5.92 Å². The Labute approximate surface area is 121 Å². The summed E-state index contributed by atoms with van der Waals surface area (Å²) in [6.07, 6.45) is 0. The van der Waals surface area contributed by atoms with Gasteiger partial charge < -0.3 is 10.5 Å². The minimum atomic E-state index is -4.24. The van der Waals surface area contributed by atoms with Crippen LogP contribution in [0.25, 0.3) is 0 Å². The second-order valence-corrected chi connectivity index (χ2v) is 6.50. The van der Waals surface area contributed by atoms with Gasteiger partial charge in [-0.2, -0.15) is 4.31 Å². The van der Waals surface area contributed by atoms with Gasteiger partial charge in [0.15, 0.2) is 5.82 Å². The lowest BCUT2D eigenvalue weighted by Gasteiger charge is -2.20. The van der Waals surface area contributed by atoms with Crippen LogP contribution >= 0.6 is 0 Å². The molecule has 0 aliphatic heterocycles. The van der Waals surface area contributed by atoms with Crippen molar-refractivity contribution in [3.8, 4) is 0 Å². The van der Waals surface area contributed by atoms with E-state index in [2.05, 4.69) is 4.74 Å². The second-order valence-electron chi connectivity index (χ2n) is 4.48. The first kappa shape index (κ1) is 17.3. The number of nitrogens with zero attached hydrogens (tertiary/aromatic N) is 1. The molecule has 0 heterocycles. The zero-order chi connectivity index (χ0) is 16.4. The van der Waals surface area contributed by atoms with Crippen molar-refractivity contribution in [3.63, 3.8) is 0 Å². The highest BCUT2D eigenvalue weighted by atomic mass is 32.2. The molecule has 2 N–H and O–H groups in total. The molecule has 0 saturated carbocycles. The fourth-order valence-electron chi connectivity index (χ4n) is 1.68. The molecule has 21 heavy (non-hydrogen) atoms. The van der Waals surface area contributed by atoms with Crippen LogP contribution in [0, 0.1) is 17.6 Å². The Morgan fingerprint density at radius 1 is 1.43 bits per heavy atom. The Bertz CT molecular complexity index is 649. The molecule has 1 unspecified atom stereocenters. The van der Waals surface area contributed by atoms with Crippen molar-refractivity contribution in [1.82, 2.24) is 4.31 Å². The third kappa shape index (κ3) is 3.48. The van der Waals surface area contributed by atoms with Crippen LogP contribution < -0.4 is 5.73 Å². The van der Waals surface area contributed by atoms with E-state index in [-0.39, 0.29) is 6.54 Å². The molecule has 1 rings (SSSR count). The van der Waals surface area contributed by atoms with Crippen molar-refractivity contribution >= 4 is 21.7 Å². The van der Waals surface area contributed by atoms with Gasteiger partial charge in [-0.05, 0) is 12.1 Å². The zero-order valence-corrected chi connectivity index (χ0v) is 12.6. The zero-order valence-electron chi connectivity index (χ0n) is 11.8. The van der Waals surface area contributed by atoms with Crippen molar-refractivity contribution in [2.75, 3.05) is 26.4 Å². The molecular formula is C12H16F2N2O4S. The fraction of sp³-hybridized carbons (Fsp3) is 0.417. The number of sulfonamides is 1. The lowest BCUT2D eigenvalue weighted by atomic mass is 10.2. The van der Waals surface area contributed by atoms with Crippen LogP contribution in [0.4, 0.5) is 14.5 Å². The fourth-order valence-corrected chi connectivity index (χ4v) is 3.01. The summed E-state index contributed by atoms with van der Waals surface area (Å²) < 4.78 is 56.6. The molecule has 0 aliphatic rings. The molecule has 0 spiro atoms. The number of hydrogen-bond acceptors (Lipinski definition) is 5. The molecule has 0 amide bonds. The van der Waals surface area contributed by atoms with E-state index in [1.54, 1.807) is 0 Å². The summed E-state index contributed by atoms with van der Waals surface area (Å²) in [6.45, 7) is 1.25. The summed E-state index contributed by atoms with van der Waals surface area (Å²) >= 11 is 0. The third-order valence-electron chi connectivity index (χ3n) is 2.91. The third-order valence-corrected chi connectivity index (χ3v) is 4.75. The van der Waals surface area contributed by atoms with E-state index in [1.807, 2.05) is 0 Å². The maximum absolute atomic E-state index is 13.8. The first-order valence-electron chi connectivity index (χ1n) is 5.90. The molecule has 0 radical (unpaired) electrons. The molecule has 0 saturated heterocycles. The lowest BCUT2D eigenvalue weighted by molar-refractivity contribution is -0.144. The number of ether oxygens (including phenoxy) is 1. The summed E-state index contributed by atoms with van der Waals surface area (Å²) in [5.74, 6) is -3.74. The lowest BCUT2D eigenvalue weighted by Crippen LogP contribution is -2.34. The van der Waals surface area contributed by atoms with Crippen LogP contribution in [0.1, 0.15) is 6.92 Å². The highest BCUT2D eigenvalue weighted by Crippen LogP contribution is 2.25.